The molecule has 1 N–H and O–H groups in total. The van der Waals surface area contributed by atoms with Crippen LogP contribution in [0.25, 0.3) is 0 Å². The fraction of sp³-hybridized carbons (Fsp3) is 0.650. The Morgan fingerprint density at radius 2 is 2.00 bits per heavy atom. The molecule has 2 nitrogen and oxygen atoms in total. The Labute approximate surface area is 136 Å². The molecule has 0 fully saturated rings. The van der Waals surface area contributed by atoms with Crippen LogP contribution in [0, 0.1) is 17.8 Å². The number of carboxylic acid groups (broad SMARTS) is 1. The first kappa shape index (κ1) is 18.7. The van der Waals surface area contributed by atoms with Gasteiger partial charge in [0.15, 0.2) is 0 Å². The van der Waals surface area contributed by atoms with Crippen LogP contribution in [0.1, 0.15) is 66.2 Å². The molecule has 0 amide bonds. The van der Waals surface area contributed by atoms with E-state index in [1.807, 2.05) is 0 Å². The number of aliphatic carboxylic acids is 1. The van der Waals surface area contributed by atoms with Gasteiger partial charge in [0, 0.05) is 0 Å². The van der Waals surface area contributed by atoms with E-state index in [0.29, 0.717) is 5.92 Å². The lowest BCUT2D eigenvalue weighted by molar-refractivity contribution is -0.141. The maximum Gasteiger partial charge on any atom is 0.306 e. The Morgan fingerprint density at radius 3 is 2.59 bits per heavy atom. The van der Waals surface area contributed by atoms with Crippen LogP contribution in [0.2, 0.25) is 0 Å². The molecule has 3 atom stereocenters. The van der Waals surface area contributed by atoms with Gasteiger partial charge in [0.25, 0.3) is 0 Å². The van der Waals surface area contributed by atoms with Crippen LogP contribution >= 0.6 is 0 Å². The SMILES string of the molecule is CC(=CCC=C(C)C1C=CC(C)CC1)CCCC(C)C(=O)O. The summed E-state index contributed by atoms with van der Waals surface area (Å²) in [7, 11) is 0. The zero-order chi connectivity index (χ0) is 16.5. The Bertz CT molecular complexity index is 443. The van der Waals surface area contributed by atoms with Crippen LogP contribution in [0.15, 0.2) is 35.5 Å². The molecular weight excluding hydrogens is 272 g/mol. The third-order valence-electron chi connectivity index (χ3n) is 4.73. The average Bonchev–Trinajstić information content (AvgIpc) is 2.47. The third-order valence-corrected chi connectivity index (χ3v) is 4.73. The summed E-state index contributed by atoms with van der Waals surface area (Å²) in [6.07, 6.45) is 15.6. The van der Waals surface area contributed by atoms with E-state index in [1.165, 1.54) is 24.0 Å². The molecule has 0 saturated heterocycles. The number of allylic oxidation sites excluding steroid dienone is 6. The van der Waals surface area contributed by atoms with E-state index < -0.39 is 5.97 Å². The minimum atomic E-state index is -0.685. The third kappa shape index (κ3) is 7.11. The summed E-state index contributed by atoms with van der Waals surface area (Å²) in [5, 5.41) is 8.86. The highest BCUT2D eigenvalue weighted by molar-refractivity contribution is 5.69. The minimum absolute atomic E-state index is 0.226. The Balaban J connectivity index is 2.32. The fourth-order valence-electron chi connectivity index (χ4n) is 2.85. The van der Waals surface area contributed by atoms with Crippen LogP contribution < -0.4 is 0 Å². The molecule has 0 heterocycles. The summed E-state index contributed by atoms with van der Waals surface area (Å²) in [5.74, 6) is 0.450. The fourth-order valence-corrected chi connectivity index (χ4v) is 2.85. The van der Waals surface area contributed by atoms with Crippen LogP contribution in [0.4, 0.5) is 0 Å². The predicted octanol–water partition coefficient (Wildman–Crippen LogP) is 5.76. The highest BCUT2D eigenvalue weighted by Gasteiger charge is 2.13. The van der Waals surface area contributed by atoms with Gasteiger partial charge in [-0.3, -0.25) is 4.79 Å². The minimum Gasteiger partial charge on any atom is -0.481 e. The summed E-state index contributed by atoms with van der Waals surface area (Å²) < 4.78 is 0. The van der Waals surface area contributed by atoms with Gasteiger partial charge in [-0.1, -0.05) is 49.3 Å². The Hall–Kier alpha value is -1.31. The molecule has 0 aliphatic heterocycles. The van der Waals surface area contributed by atoms with E-state index in [-0.39, 0.29) is 5.92 Å². The predicted molar refractivity (Wildman–Crippen MR) is 93.8 cm³/mol. The van der Waals surface area contributed by atoms with Gasteiger partial charge in [-0.2, -0.15) is 0 Å². The molecule has 0 radical (unpaired) electrons. The average molecular weight is 304 g/mol. The van der Waals surface area contributed by atoms with Crippen molar-refractivity contribution in [2.75, 3.05) is 0 Å². The second kappa shape index (κ2) is 9.66. The van der Waals surface area contributed by atoms with Crippen LogP contribution in [-0.2, 0) is 4.79 Å². The van der Waals surface area contributed by atoms with E-state index in [4.69, 9.17) is 5.11 Å². The van der Waals surface area contributed by atoms with E-state index >= 15 is 0 Å². The van der Waals surface area contributed by atoms with E-state index in [0.717, 1.165) is 31.6 Å². The summed E-state index contributed by atoms with van der Waals surface area (Å²) in [4.78, 5) is 10.8. The molecule has 0 saturated carbocycles. The molecule has 0 aromatic carbocycles. The van der Waals surface area contributed by atoms with Gasteiger partial charge in [0.1, 0.15) is 0 Å². The number of rotatable bonds is 8. The van der Waals surface area contributed by atoms with Gasteiger partial charge in [-0.15, -0.1) is 0 Å². The maximum absolute atomic E-state index is 10.8. The molecule has 22 heavy (non-hydrogen) atoms. The van der Waals surface area contributed by atoms with Crippen LogP contribution in [0.5, 0.6) is 0 Å². The largest absolute Gasteiger partial charge is 0.481 e. The maximum atomic E-state index is 10.8. The second-order valence-electron chi connectivity index (χ2n) is 6.91. The molecule has 0 aromatic rings. The Kier molecular flexibility index (Phi) is 8.22. The molecule has 1 aliphatic rings. The zero-order valence-corrected chi connectivity index (χ0v) is 14.6. The van der Waals surface area contributed by atoms with Crippen LogP contribution in [-0.4, -0.2) is 11.1 Å². The first-order valence-electron chi connectivity index (χ1n) is 8.63. The molecule has 1 rings (SSSR count). The van der Waals surface area contributed by atoms with Crippen molar-refractivity contribution in [1.82, 2.24) is 0 Å². The summed E-state index contributed by atoms with van der Waals surface area (Å²) >= 11 is 0. The molecule has 2 heteroatoms. The van der Waals surface area contributed by atoms with Gasteiger partial charge in [0.05, 0.1) is 5.92 Å². The standard InChI is InChI=1S/C20H32O2/c1-15(8-6-10-18(4)20(21)22)7-5-9-17(3)19-13-11-16(2)12-14-19/h7,9,11,13,16,18-19H,5-6,8,10,12,14H2,1-4H3,(H,21,22). The van der Waals surface area contributed by atoms with Crippen LogP contribution in [0.3, 0.4) is 0 Å². The van der Waals surface area contributed by atoms with Gasteiger partial charge in [-0.05, 0) is 64.2 Å². The molecule has 1 aliphatic carbocycles. The van der Waals surface area contributed by atoms with Gasteiger partial charge < -0.3 is 5.11 Å². The van der Waals surface area contributed by atoms with Crippen molar-refractivity contribution in [1.29, 1.82) is 0 Å². The van der Waals surface area contributed by atoms with Crippen molar-refractivity contribution in [3.63, 3.8) is 0 Å². The number of hydrogen-bond acceptors (Lipinski definition) is 1. The normalized spacial score (nSPS) is 24.4. The van der Waals surface area contributed by atoms with E-state index in [2.05, 4.69) is 45.1 Å². The molecule has 0 bridgehead atoms. The lowest BCUT2D eigenvalue weighted by Crippen LogP contribution is -2.08. The van der Waals surface area contributed by atoms with Crippen molar-refractivity contribution in [2.24, 2.45) is 17.8 Å². The number of carboxylic acids is 1. The quantitative estimate of drug-likeness (QED) is 0.579. The number of carbonyl (C=O) groups is 1. The first-order valence-corrected chi connectivity index (χ1v) is 8.63. The van der Waals surface area contributed by atoms with E-state index in [9.17, 15) is 4.79 Å². The summed E-state index contributed by atoms with van der Waals surface area (Å²) in [5.41, 5.74) is 2.85. The lowest BCUT2D eigenvalue weighted by Gasteiger charge is -2.20. The highest BCUT2D eigenvalue weighted by Crippen LogP contribution is 2.27. The van der Waals surface area contributed by atoms with Gasteiger partial charge in [-0.25, -0.2) is 0 Å². The molecule has 3 unspecified atom stereocenters. The smallest absolute Gasteiger partial charge is 0.306 e. The molecular formula is C20H32O2. The molecule has 0 aromatic heterocycles. The second-order valence-corrected chi connectivity index (χ2v) is 6.91. The van der Waals surface area contributed by atoms with Crippen molar-refractivity contribution < 1.29 is 9.90 Å². The highest BCUT2D eigenvalue weighted by atomic mass is 16.4. The monoisotopic (exact) mass is 304 g/mol. The topological polar surface area (TPSA) is 37.3 Å². The molecule has 0 spiro atoms. The zero-order valence-electron chi connectivity index (χ0n) is 14.6. The van der Waals surface area contributed by atoms with E-state index in [1.54, 1.807) is 6.92 Å². The first-order chi connectivity index (χ1) is 10.4. The van der Waals surface area contributed by atoms with Crippen molar-refractivity contribution in [3.05, 3.63) is 35.5 Å². The van der Waals surface area contributed by atoms with Gasteiger partial charge in [0.2, 0.25) is 0 Å². The lowest BCUT2D eigenvalue weighted by atomic mass is 9.85. The van der Waals surface area contributed by atoms with Crippen molar-refractivity contribution >= 4 is 5.97 Å². The van der Waals surface area contributed by atoms with Gasteiger partial charge >= 0.3 is 5.97 Å². The molecule has 124 valence electrons. The summed E-state index contributed by atoms with van der Waals surface area (Å²) in [6.45, 7) is 8.45. The summed E-state index contributed by atoms with van der Waals surface area (Å²) in [6, 6.07) is 0. The number of hydrogen-bond donors (Lipinski definition) is 1. The Morgan fingerprint density at radius 1 is 1.27 bits per heavy atom. The van der Waals surface area contributed by atoms with Crippen molar-refractivity contribution in [2.45, 2.75) is 66.2 Å². The van der Waals surface area contributed by atoms with Crippen molar-refractivity contribution in [3.8, 4) is 0 Å².